The van der Waals surface area contributed by atoms with E-state index in [1.807, 2.05) is 24.4 Å². The van der Waals surface area contributed by atoms with Gasteiger partial charge >= 0.3 is 0 Å². The standard InChI is InChI=1S/C25H24N4O4S/c1-18-8-13-21(16-24(18)34(31,32)28-22-6-3-4-7-23(22)33-2)27-25(30)20-11-9-19(10-12-20)17-29-15-5-14-26-29/h3-16,28H,17H2,1-2H3,(H,27,30). The van der Waals surface area contributed by atoms with E-state index in [-0.39, 0.29) is 10.8 Å². The fraction of sp³-hybridized carbons (Fsp3) is 0.120. The smallest absolute Gasteiger partial charge is 0.262 e. The lowest BCUT2D eigenvalue weighted by Crippen LogP contribution is -2.16. The molecule has 0 saturated heterocycles. The Labute approximate surface area is 198 Å². The molecule has 1 heterocycles. The van der Waals surface area contributed by atoms with E-state index in [9.17, 15) is 13.2 Å². The highest BCUT2D eigenvalue weighted by atomic mass is 32.2. The molecule has 0 atom stereocenters. The molecular weight excluding hydrogens is 452 g/mol. The van der Waals surface area contributed by atoms with E-state index in [1.165, 1.54) is 13.2 Å². The Balaban J connectivity index is 1.51. The fourth-order valence-corrected chi connectivity index (χ4v) is 4.78. The first-order valence-electron chi connectivity index (χ1n) is 10.5. The van der Waals surface area contributed by atoms with Gasteiger partial charge in [0.05, 0.1) is 24.2 Å². The zero-order chi connectivity index (χ0) is 24.1. The predicted octanol–water partition coefficient (Wildman–Crippen LogP) is 4.30. The van der Waals surface area contributed by atoms with Gasteiger partial charge in [0.1, 0.15) is 5.75 Å². The number of sulfonamides is 1. The van der Waals surface area contributed by atoms with Crippen LogP contribution in [0.25, 0.3) is 0 Å². The number of anilines is 2. The van der Waals surface area contributed by atoms with Gasteiger partial charge in [-0.15, -0.1) is 0 Å². The molecule has 0 aliphatic rings. The van der Waals surface area contributed by atoms with Crippen molar-refractivity contribution < 1.29 is 17.9 Å². The fourth-order valence-electron chi connectivity index (χ4n) is 3.44. The third-order valence-corrected chi connectivity index (χ3v) is 6.71. The minimum absolute atomic E-state index is 0.0609. The SMILES string of the molecule is COc1ccccc1NS(=O)(=O)c1cc(NC(=O)c2ccc(Cn3cccn3)cc2)ccc1C. The minimum Gasteiger partial charge on any atom is -0.495 e. The van der Waals surface area contributed by atoms with E-state index in [2.05, 4.69) is 15.1 Å². The quantitative estimate of drug-likeness (QED) is 0.395. The number of nitrogens with zero attached hydrogens (tertiary/aromatic N) is 2. The summed E-state index contributed by atoms with van der Waals surface area (Å²) in [6, 6.07) is 20.5. The number of rotatable bonds is 8. The summed E-state index contributed by atoms with van der Waals surface area (Å²) < 4.78 is 35.7. The number of amides is 1. The number of nitrogens with one attached hydrogen (secondary N) is 2. The van der Waals surface area contributed by atoms with Crippen molar-refractivity contribution in [2.24, 2.45) is 0 Å². The van der Waals surface area contributed by atoms with Crippen LogP contribution < -0.4 is 14.8 Å². The van der Waals surface area contributed by atoms with Gasteiger partial charge < -0.3 is 10.1 Å². The molecule has 0 bridgehead atoms. The molecule has 0 aliphatic heterocycles. The molecular formula is C25H24N4O4S. The van der Waals surface area contributed by atoms with Crippen molar-refractivity contribution in [3.05, 3.63) is 102 Å². The molecule has 0 saturated carbocycles. The number of para-hydroxylation sites is 2. The lowest BCUT2D eigenvalue weighted by molar-refractivity contribution is 0.102. The molecule has 0 radical (unpaired) electrons. The molecule has 0 spiro atoms. The number of carbonyl (C=O) groups is 1. The van der Waals surface area contributed by atoms with Crippen LogP contribution in [0.3, 0.4) is 0 Å². The molecule has 2 N–H and O–H groups in total. The summed E-state index contributed by atoms with van der Waals surface area (Å²) in [7, 11) is -2.45. The molecule has 8 nitrogen and oxygen atoms in total. The summed E-state index contributed by atoms with van der Waals surface area (Å²) >= 11 is 0. The van der Waals surface area contributed by atoms with E-state index < -0.39 is 10.0 Å². The van der Waals surface area contributed by atoms with Crippen molar-refractivity contribution in [1.82, 2.24) is 9.78 Å². The zero-order valence-corrected chi connectivity index (χ0v) is 19.5. The molecule has 34 heavy (non-hydrogen) atoms. The van der Waals surface area contributed by atoms with E-state index in [0.29, 0.717) is 34.8 Å². The molecule has 4 rings (SSSR count). The van der Waals surface area contributed by atoms with Crippen LogP contribution >= 0.6 is 0 Å². The average Bonchev–Trinajstić information content (AvgIpc) is 3.34. The number of hydrogen-bond acceptors (Lipinski definition) is 5. The van der Waals surface area contributed by atoms with Gasteiger partial charge in [-0.3, -0.25) is 14.2 Å². The zero-order valence-electron chi connectivity index (χ0n) is 18.7. The molecule has 1 amide bonds. The van der Waals surface area contributed by atoms with Crippen LogP contribution in [-0.4, -0.2) is 31.2 Å². The van der Waals surface area contributed by atoms with Crippen molar-refractivity contribution in [1.29, 1.82) is 0 Å². The number of aryl methyl sites for hydroxylation is 1. The third kappa shape index (κ3) is 5.26. The van der Waals surface area contributed by atoms with Crippen molar-refractivity contribution in [3.8, 4) is 5.75 Å². The molecule has 0 aliphatic carbocycles. The van der Waals surface area contributed by atoms with Gasteiger partial charge in [0.2, 0.25) is 0 Å². The first kappa shape index (κ1) is 23.1. The van der Waals surface area contributed by atoms with E-state index in [4.69, 9.17) is 4.74 Å². The number of carbonyl (C=O) groups excluding carboxylic acids is 1. The molecule has 0 fully saturated rings. The molecule has 174 valence electrons. The lowest BCUT2D eigenvalue weighted by Gasteiger charge is -2.14. The van der Waals surface area contributed by atoms with Gasteiger partial charge in [-0.25, -0.2) is 8.42 Å². The Bertz CT molecular complexity index is 1400. The summed E-state index contributed by atoms with van der Waals surface area (Å²) in [5.74, 6) is 0.0692. The maximum absolute atomic E-state index is 13.1. The van der Waals surface area contributed by atoms with Crippen LogP contribution in [0.1, 0.15) is 21.5 Å². The number of methoxy groups -OCH3 is 1. The van der Waals surface area contributed by atoms with Crippen LogP contribution in [0.4, 0.5) is 11.4 Å². The Morgan fingerprint density at radius 2 is 1.79 bits per heavy atom. The van der Waals surface area contributed by atoms with Gasteiger partial charge in [-0.05, 0) is 60.5 Å². The lowest BCUT2D eigenvalue weighted by atomic mass is 10.1. The summed E-state index contributed by atoms with van der Waals surface area (Å²) in [6.07, 6.45) is 3.58. The summed E-state index contributed by atoms with van der Waals surface area (Å²) in [4.78, 5) is 12.8. The summed E-state index contributed by atoms with van der Waals surface area (Å²) in [5, 5.41) is 6.95. The van der Waals surface area contributed by atoms with Gasteiger partial charge in [-0.2, -0.15) is 5.10 Å². The van der Waals surface area contributed by atoms with E-state index in [0.717, 1.165) is 5.56 Å². The minimum atomic E-state index is -3.92. The highest BCUT2D eigenvalue weighted by Gasteiger charge is 2.20. The monoisotopic (exact) mass is 476 g/mol. The first-order chi connectivity index (χ1) is 16.4. The Morgan fingerprint density at radius 3 is 2.50 bits per heavy atom. The molecule has 4 aromatic rings. The van der Waals surface area contributed by atoms with Crippen LogP contribution in [0.2, 0.25) is 0 Å². The topological polar surface area (TPSA) is 102 Å². The number of aromatic nitrogens is 2. The van der Waals surface area contributed by atoms with Gasteiger partial charge in [0, 0.05) is 23.6 Å². The second-order valence-corrected chi connectivity index (χ2v) is 9.29. The second kappa shape index (κ2) is 9.80. The number of hydrogen-bond donors (Lipinski definition) is 2. The molecule has 3 aromatic carbocycles. The first-order valence-corrected chi connectivity index (χ1v) is 12.0. The molecule has 1 aromatic heterocycles. The van der Waals surface area contributed by atoms with E-state index >= 15 is 0 Å². The molecule has 9 heteroatoms. The third-order valence-electron chi connectivity index (χ3n) is 5.21. The van der Waals surface area contributed by atoms with Gasteiger partial charge in [0.25, 0.3) is 15.9 Å². The molecule has 0 unspecified atom stereocenters. The number of benzene rings is 3. The Hall–Kier alpha value is -4.11. The average molecular weight is 477 g/mol. The Kier molecular flexibility index (Phi) is 6.65. The van der Waals surface area contributed by atoms with Crippen molar-refractivity contribution in [2.75, 3.05) is 17.1 Å². The predicted molar refractivity (Wildman–Crippen MR) is 131 cm³/mol. The second-order valence-electron chi connectivity index (χ2n) is 7.64. The van der Waals surface area contributed by atoms with Crippen molar-refractivity contribution >= 4 is 27.3 Å². The van der Waals surface area contributed by atoms with Gasteiger partial charge in [-0.1, -0.05) is 30.3 Å². The highest BCUT2D eigenvalue weighted by Crippen LogP contribution is 2.28. The largest absolute Gasteiger partial charge is 0.495 e. The maximum Gasteiger partial charge on any atom is 0.262 e. The maximum atomic E-state index is 13.1. The summed E-state index contributed by atoms with van der Waals surface area (Å²) in [5.41, 5.74) is 2.71. The summed E-state index contributed by atoms with van der Waals surface area (Å²) in [6.45, 7) is 2.30. The van der Waals surface area contributed by atoms with Gasteiger partial charge in [0.15, 0.2) is 0 Å². The van der Waals surface area contributed by atoms with Crippen LogP contribution in [0, 0.1) is 6.92 Å². The normalized spacial score (nSPS) is 11.1. The van der Waals surface area contributed by atoms with Crippen LogP contribution in [-0.2, 0) is 16.6 Å². The highest BCUT2D eigenvalue weighted by molar-refractivity contribution is 7.92. The van der Waals surface area contributed by atoms with Crippen molar-refractivity contribution in [3.63, 3.8) is 0 Å². The van der Waals surface area contributed by atoms with Crippen LogP contribution in [0.5, 0.6) is 5.75 Å². The van der Waals surface area contributed by atoms with Crippen LogP contribution in [0.15, 0.2) is 90.1 Å². The Morgan fingerprint density at radius 1 is 1.03 bits per heavy atom. The van der Waals surface area contributed by atoms with Crippen molar-refractivity contribution in [2.45, 2.75) is 18.4 Å². The van der Waals surface area contributed by atoms with E-state index in [1.54, 1.807) is 66.3 Å². The number of ether oxygens (including phenoxy) is 1.